The number of aromatic nitrogens is 4. The topological polar surface area (TPSA) is 43.6 Å². The highest BCUT2D eigenvalue weighted by Crippen LogP contribution is 2.42. The van der Waals surface area contributed by atoms with Gasteiger partial charge in [0.1, 0.15) is 0 Å². The van der Waals surface area contributed by atoms with Crippen LogP contribution in [0, 0.1) is 0 Å². The van der Waals surface area contributed by atoms with Gasteiger partial charge in [0.05, 0.1) is 11.0 Å². The van der Waals surface area contributed by atoms with E-state index >= 15 is 0 Å². The van der Waals surface area contributed by atoms with Crippen LogP contribution in [0.3, 0.4) is 0 Å². The van der Waals surface area contributed by atoms with Gasteiger partial charge in [-0.2, -0.15) is 0 Å². The number of hydrogen-bond donors (Lipinski definition) is 0. The number of fused-ring (bicyclic) bond motifs is 6. The van der Waals surface area contributed by atoms with Crippen LogP contribution in [0.1, 0.15) is 0 Å². The Morgan fingerprint density at radius 2 is 0.920 bits per heavy atom. The Bertz CT molecular complexity index is 2760. The van der Waals surface area contributed by atoms with Crippen molar-refractivity contribution >= 4 is 53.3 Å². The first-order valence-corrected chi connectivity index (χ1v) is 17.5. The van der Waals surface area contributed by atoms with Crippen molar-refractivity contribution in [2.75, 3.05) is 0 Å². The number of hydrogen-bond acceptors (Lipinski definition) is 4. The van der Waals surface area contributed by atoms with E-state index in [2.05, 4.69) is 114 Å². The standard InChI is InChI=1S/C45H28N4S/c1-3-13-29(14-4-1)43-46-44(30-15-5-2-6-16-30)48-45(47-43)32-25-26-41-38(28-32)37-22-12-21-34(42(37)50-41)31-17-11-18-33(27-31)49-39-23-9-7-19-35(39)36-20-8-10-24-40(36)49/h1-28H. The van der Waals surface area contributed by atoms with Gasteiger partial charge in [0.2, 0.25) is 0 Å². The molecule has 3 aromatic heterocycles. The molecule has 0 unspecified atom stereocenters. The zero-order valence-electron chi connectivity index (χ0n) is 26.9. The molecule has 50 heavy (non-hydrogen) atoms. The smallest absolute Gasteiger partial charge is 0.164 e. The zero-order chi connectivity index (χ0) is 33.0. The maximum atomic E-state index is 4.99. The molecule has 0 aliphatic heterocycles. The van der Waals surface area contributed by atoms with Crippen molar-refractivity contribution in [2.24, 2.45) is 0 Å². The fraction of sp³-hybridized carbons (Fsp3) is 0. The van der Waals surface area contributed by atoms with E-state index in [0.29, 0.717) is 17.5 Å². The number of para-hydroxylation sites is 2. The van der Waals surface area contributed by atoms with Crippen LogP contribution in [0.15, 0.2) is 170 Å². The summed E-state index contributed by atoms with van der Waals surface area (Å²) in [7, 11) is 0. The molecule has 234 valence electrons. The summed E-state index contributed by atoms with van der Waals surface area (Å²) < 4.78 is 4.88. The molecule has 0 saturated carbocycles. The van der Waals surface area contributed by atoms with Crippen molar-refractivity contribution in [3.63, 3.8) is 0 Å². The van der Waals surface area contributed by atoms with Crippen molar-refractivity contribution in [3.05, 3.63) is 170 Å². The van der Waals surface area contributed by atoms with Crippen LogP contribution in [0.25, 0.3) is 93.0 Å². The largest absolute Gasteiger partial charge is 0.309 e. The van der Waals surface area contributed by atoms with Crippen LogP contribution in [0.4, 0.5) is 0 Å². The summed E-state index contributed by atoms with van der Waals surface area (Å²) in [4.78, 5) is 14.9. The normalized spacial score (nSPS) is 11.6. The van der Waals surface area contributed by atoms with Gasteiger partial charge in [-0.1, -0.05) is 127 Å². The van der Waals surface area contributed by atoms with Gasteiger partial charge in [0.15, 0.2) is 17.5 Å². The second-order valence-corrected chi connectivity index (χ2v) is 13.5. The number of benzene rings is 7. The van der Waals surface area contributed by atoms with Gasteiger partial charge in [-0.3, -0.25) is 0 Å². The number of rotatable bonds is 5. The first kappa shape index (κ1) is 28.6. The van der Waals surface area contributed by atoms with Gasteiger partial charge < -0.3 is 4.57 Å². The maximum Gasteiger partial charge on any atom is 0.164 e. The van der Waals surface area contributed by atoms with Crippen LogP contribution < -0.4 is 0 Å². The van der Waals surface area contributed by atoms with Crippen LogP contribution in [-0.4, -0.2) is 19.5 Å². The van der Waals surface area contributed by atoms with Crippen LogP contribution in [0.2, 0.25) is 0 Å². The van der Waals surface area contributed by atoms with E-state index in [9.17, 15) is 0 Å². The Morgan fingerprint density at radius 3 is 1.58 bits per heavy atom. The Kier molecular flexibility index (Phi) is 6.64. The minimum Gasteiger partial charge on any atom is -0.309 e. The first-order valence-electron chi connectivity index (χ1n) is 16.7. The van der Waals surface area contributed by atoms with Gasteiger partial charge in [-0.25, -0.2) is 15.0 Å². The third-order valence-corrected chi connectivity index (χ3v) is 10.7. The van der Waals surface area contributed by atoms with Gasteiger partial charge in [0.25, 0.3) is 0 Å². The lowest BCUT2D eigenvalue weighted by molar-refractivity contribution is 1.07. The van der Waals surface area contributed by atoms with Crippen molar-refractivity contribution in [1.29, 1.82) is 0 Å². The SMILES string of the molecule is c1ccc(-c2nc(-c3ccccc3)nc(-c3ccc4sc5c(-c6cccc(-n7c8ccccc8c8ccccc87)c6)cccc5c4c3)n2)cc1. The maximum absolute atomic E-state index is 4.99. The highest BCUT2D eigenvalue weighted by molar-refractivity contribution is 7.26. The predicted octanol–water partition coefficient (Wildman–Crippen LogP) is 12.0. The first-order chi connectivity index (χ1) is 24.8. The molecule has 0 aliphatic rings. The average molecular weight is 657 g/mol. The highest BCUT2D eigenvalue weighted by atomic mass is 32.1. The molecule has 0 amide bonds. The van der Waals surface area contributed by atoms with Crippen molar-refractivity contribution in [2.45, 2.75) is 0 Å². The van der Waals surface area contributed by atoms with Crippen LogP contribution >= 0.6 is 11.3 Å². The fourth-order valence-electron chi connectivity index (χ4n) is 7.12. The summed E-state index contributed by atoms with van der Waals surface area (Å²) in [5.74, 6) is 1.99. The summed E-state index contributed by atoms with van der Waals surface area (Å²) in [6, 6.07) is 59.8. The summed E-state index contributed by atoms with van der Waals surface area (Å²) in [5, 5.41) is 4.96. The van der Waals surface area contributed by atoms with Crippen molar-refractivity contribution in [3.8, 4) is 51.0 Å². The molecule has 0 aliphatic carbocycles. The third kappa shape index (κ3) is 4.71. The predicted molar refractivity (Wildman–Crippen MR) is 209 cm³/mol. The summed E-state index contributed by atoms with van der Waals surface area (Å²) >= 11 is 1.84. The van der Waals surface area contributed by atoms with E-state index in [1.807, 2.05) is 72.0 Å². The van der Waals surface area contributed by atoms with E-state index in [1.165, 1.54) is 53.1 Å². The zero-order valence-corrected chi connectivity index (χ0v) is 27.7. The third-order valence-electron chi connectivity index (χ3n) is 9.45. The summed E-state index contributed by atoms with van der Waals surface area (Å²) in [6.45, 7) is 0. The van der Waals surface area contributed by atoms with Gasteiger partial charge in [0, 0.05) is 53.3 Å². The van der Waals surface area contributed by atoms with E-state index < -0.39 is 0 Å². The Labute approximate surface area is 292 Å². The molecule has 0 bridgehead atoms. The lowest BCUT2D eigenvalue weighted by Crippen LogP contribution is -2.00. The molecule has 0 N–H and O–H groups in total. The van der Waals surface area contributed by atoms with Gasteiger partial charge in [-0.15, -0.1) is 11.3 Å². The molecule has 5 heteroatoms. The Balaban J connectivity index is 1.11. The van der Waals surface area contributed by atoms with Crippen molar-refractivity contribution < 1.29 is 0 Å². The van der Waals surface area contributed by atoms with Crippen LogP contribution in [0.5, 0.6) is 0 Å². The van der Waals surface area contributed by atoms with E-state index in [-0.39, 0.29) is 0 Å². The van der Waals surface area contributed by atoms with E-state index in [4.69, 9.17) is 15.0 Å². The molecule has 0 radical (unpaired) electrons. The molecule has 0 atom stereocenters. The molecule has 3 heterocycles. The van der Waals surface area contributed by atoms with E-state index in [0.717, 1.165) is 22.4 Å². The average Bonchev–Trinajstić information content (AvgIpc) is 3.74. The molecular formula is C45H28N4S. The van der Waals surface area contributed by atoms with Crippen molar-refractivity contribution in [1.82, 2.24) is 19.5 Å². The lowest BCUT2D eigenvalue weighted by Gasteiger charge is -2.11. The molecule has 7 aromatic carbocycles. The number of nitrogens with zero attached hydrogens (tertiary/aromatic N) is 4. The number of thiophene rings is 1. The second-order valence-electron chi connectivity index (χ2n) is 12.5. The molecule has 4 nitrogen and oxygen atoms in total. The highest BCUT2D eigenvalue weighted by Gasteiger charge is 2.17. The molecule has 10 aromatic rings. The molecule has 0 spiro atoms. The Hall–Kier alpha value is -6.43. The second kappa shape index (κ2) is 11.6. The minimum absolute atomic E-state index is 0.661. The molecular weight excluding hydrogens is 629 g/mol. The summed E-state index contributed by atoms with van der Waals surface area (Å²) in [6.07, 6.45) is 0. The summed E-state index contributed by atoms with van der Waals surface area (Å²) in [5.41, 5.74) is 8.88. The lowest BCUT2D eigenvalue weighted by atomic mass is 10.0. The van der Waals surface area contributed by atoms with Crippen LogP contribution in [-0.2, 0) is 0 Å². The minimum atomic E-state index is 0.661. The molecule has 0 fully saturated rings. The molecule has 10 rings (SSSR count). The quantitative estimate of drug-likeness (QED) is 0.185. The van der Waals surface area contributed by atoms with Gasteiger partial charge in [-0.05, 0) is 53.6 Å². The molecule has 0 saturated heterocycles. The Morgan fingerprint density at radius 1 is 0.380 bits per heavy atom. The van der Waals surface area contributed by atoms with Gasteiger partial charge >= 0.3 is 0 Å². The monoisotopic (exact) mass is 656 g/mol. The fourth-order valence-corrected chi connectivity index (χ4v) is 8.33. The van der Waals surface area contributed by atoms with E-state index in [1.54, 1.807) is 0 Å².